The molecule has 0 fully saturated rings. The van der Waals surface area contributed by atoms with Gasteiger partial charge in [-0.2, -0.15) is 0 Å². The average Bonchev–Trinajstić information content (AvgIpc) is 2.59. The Kier molecular flexibility index (Phi) is 2.32. The molecule has 6 heteroatoms. The molecule has 0 saturated heterocycles. The van der Waals surface area contributed by atoms with Gasteiger partial charge in [-0.3, -0.25) is 4.57 Å². The van der Waals surface area contributed by atoms with E-state index in [1.807, 2.05) is 0 Å². The van der Waals surface area contributed by atoms with E-state index in [1.54, 1.807) is 0 Å². The van der Waals surface area contributed by atoms with Crippen LogP contribution in [0.1, 0.15) is 10.4 Å². The van der Waals surface area contributed by atoms with E-state index in [1.165, 1.54) is 24.4 Å². The zero-order chi connectivity index (χ0) is 11.9. The maximum atomic E-state index is 10.9. The highest BCUT2D eigenvalue weighted by molar-refractivity contribution is 6.32. The van der Waals surface area contributed by atoms with Crippen molar-refractivity contribution in [2.45, 2.75) is 0 Å². The first-order valence-corrected chi connectivity index (χ1v) is 4.65. The number of halogens is 1. The van der Waals surface area contributed by atoms with Gasteiger partial charge in [-0.25, -0.2) is 9.59 Å². The number of fused-ring (bicyclic) bond motifs is 1. The summed E-state index contributed by atoms with van der Waals surface area (Å²) < 4.78 is 0.924. The number of nitrogens with zero attached hydrogens (tertiary/aromatic N) is 1. The summed E-state index contributed by atoms with van der Waals surface area (Å²) in [6.45, 7) is 0. The molecule has 0 aliphatic rings. The van der Waals surface area contributed by atoms with E-state index in [0.29, 0.717) is 5.39 Å². The van der Waals surface area contributed by atoms with Gasteiger partial charge in [0.15, 0.2) is 0 Å². The van der Waals surface area contributed by atoms with E-state index in [2.05, 4.69) is 0 Å². The SMILES string of the molecule is O=C(O)c1cc(Cl)cc2c1ccn2C(=O)O. The fourth-order valence-corrected chi connectivity index (χ4v) is 1.76. The molecule has 1 aromatic heterocycles. The third kappa shape index (κ3) is 1.51. The monoisotopic (exact) mass is 239 g/mol. The second-order valence-electron chi connectivity index (χ2n) is 3.16. The van der Waals surface area contributed by atoms with Gasteiger partial charge in [0.25, 0.3) is 0 Å². The molecule has 0 aliphatic carbocycles. The van der Waals surface area contributed by atoms with Gasteiger partial charge >= 0.3 is 12.1 Å². The van der Waals surface area contributed by atoms with Crippen molar-refractivity contribution in [2.24, 2.45) is 0 Å². The largest absolute Gasteiger partial charge is 0.478 e. The van der Waals surface area contributed by atoms with Crippen molar-refractivity contribution >= 4 is 34.6 Å². The van der Waals surface area contributed by atoms with Gasteiger partial charge in [-0.15, -0.1) is 0 Å². The van der Waals surface area contributed by atoms with Crippen molar-refractivity contribution in [2.75, 3.05) is 0 Å². The number of aromatic carboxylic acids is 1. The number of aromatic nitrogens is 1. The smallest absolute Gasteiger partial charge is 0.416 e. The minimum Gasteiger partial charge on any atom is -0.478 e. The Morgan fingerprint density at radius 3 is 2.50 bits per heavy atom. The van der Waals surface area contributed by atoms with Crippen LogP contribution in [-0.2, 0) is 0 Å². The third-order valence-electron chi connectivity index (χ3n) is 2.21. The highest BCUT2D eigenvalue weighted by atomic mass is 35.5. The molecule has 1 aromatic carbocycles. The normalized spacial score (nSPS) is 10.6. The Balaban J connectivity index is 2.86. The van der Waals surface area contributed by atoms with Crippen LogP contribution in [0.15, 0.2) is 24.4 Å². The summed E-state index contributed by atoms with van der Waals surface area (Å²) in [5.74, 6) is -1.14. The lowest BCUT2D eigenvalue weighted by atomic mass is 10.1. The predicted octanol–water partition coefficient (Wildman–Crippen LogP) is 2.52. The molecule has 0 unspecified atom stereocenters. The molecule has 1 heterocycles. The molecule has 2 rings (SSSR count). The standard InChI is InChI=1S/C10H6ClNO4/c11-5-3-7(9(13)14)6-1-2-12(10(15)16)8(6)4-5/h1-4H,(H,13,14)(H,15,16). The molecule has 16 heavy (non-hydrogen) atoms. The van der Waals surface area contributed by atoms with Gasteiger partial charge in [-0.1, -0.05) is 11.6 Å². The number of carbonyl (C=O) groups is 2. The van der Waals surface area contributed by atoms with Crippen LogP contribution in [0.4, 0.5) is 4.79 Å². The highest BCUT2D eigenvalue weighted by Crippen LogP contribution is 2.25. The molecule has 2 N–H and O–H groups in total. The Hall–Kier alpha value is -2.01. The molecule has 0 aliphatic heterocycles. The fourth-order valence-electron chi connectivity index (χ4n) is 1.55. The van der Waals surface area contributed by atoms with E-state index >= 15 is 0 Å². The topological polar surface area (TPSA) is 79.5 Å². The summed E-state index contributed by atoms with van der Waals surface area (Å²) >= 11 is 5.73. The van der Waals surface area contributed by atoms with Crippen LogP contribution in [0, 0.1) is 0 Å². The van der Waals surface area contributed by atoms with Gasteiger partial charge in [0.05, 0.1) is 11.1 Å². The summed E-state index contributed by atoms with van der Waals surface area (Å²) in [6.07, 6.45) is 0.101. The summed E-state index contributed by atoms with van der Waals surface area (Å²) in [5, 5.41) is 18.3. The zero-order valence-electron chi connectivity index (χ0n) is 7.85. The van der Waals surface area contributed by atoms with Crippen molar-refractivity contribution in [1.82, 2.24) is 4.57 Å². The zero-order valence-corrected chi connectivity index (χ0v) is 8.60. The van der Waals surface area contributed by atoms with E-state index in [0.717, 1.165) is 4.57 Å². The van der Waals surface area contributed by atoms with Gasteiger partial charge in [0.2, 0.25) is 0 Å². The van der Waals surface area contributed by atoms with Gasteiger partial charge in [-0.05, 0) is 18.2 Å². The van der Waals surface area contributed by atoms with Crippen LogP contribution in [0.25, 0.3) is 10.9 Å². The van der Waals surface area contributed by atoms with Gasteiger partial charge in [0, 0.05) is 16.6 Å². The number of carboxylic acids is 1. The van der Waals surface area contributed by atoms with E-state index in [4.69, 9.17) is 21.8 Å². The number of rotatable bonds is 1. The molecule has 5 nitrogen and oxygen atoms in total. The minimum absolute atomic E-state index is 0.0116. The van der Waals surface area contributed by atoms with E-state index < -0.39 is 12.1 Å². The van der Waals surface area contributed by atoms with Crippen LogP contribution >= 0.6 is 11.6 Å². The molecular weight excluding hydrogens is 234 g/mol. The van der Waals surface area contributed by atoms with Crippen LogP contribution in [0.3, 0.4) is 0 Å². The predicted molar refractivity (Wildman–Crippen MR) is 57.3 cm³/mol. The summed E-state index contributed by atoms with van der Waals surface area (Å²) in [7, 11) is 0. The lowest BCUT2D eigenvalue weighted by Gasteiger charge is -2.01. The molecule has 0 saturated carbocycles. The first-order valence-electron chi connectivity index (χ1n) is 4.28. The molecule has 0 radical (unpaired) electrons. The van der Waals surface area contributed by atoms with Crippen molar-refractivity contribution < 1.29 is 19.8 Å². The van der Waals surface area contributed by atoms with Crippen LogP contribution in [0.2, 0.25) is 5.02 Å². The van der Waals surface area contributed by atoms with Crippen molar-refractivity contribution in [3.8, 4) is 0 Å². The first-order chi connectivity index (χ1) is 7.50. The molecule has 0 atom stereocenters. The van der Waals surface area contributed by atoms with E-state index in [9.17, 15) is 9.59 Å². The maximum absolute atomic E-state index is 10.9. The Morgan fingerprint density at radius 1 is 1.25 bits per heavy atom. The first kappa shape index (κ1) is 10.5. The minimum atomic E-state index is -1.19. The average molecular weight is 240 g/mol. The molecule has 0 spiro atoms. The van der Waals surface area contributed by atoms with Crippen LogP contribution < -0.4 is 0 Å². The number of carboxylic acid groups (broad SMARTS) is 2. The molecular formula is C10H6ClNO4. The van der Waals surface area contributed by atoms with Crippen molar-refractivity contribution in [3.05, 3.63) is 35.0 Å². The van der Waals surface area contributed by atoms with Crippen LogP contribution in [-0.4, -0.2) is 26.8 Å². The Bertz CT molecular complexity index is 602. The van der Waals surface area contributed by atoms with E-state index in [-0.39, 0.29) is 16.1 Å². The lowest BCUT2D eigenvalue weighted by molar-refractivity contribution is 0.0699. The third-order valence-corrected chi connectivity index (χ3v) is 2.43. The van der Waals surface area contributed by atoms with Crippen molar-refractivity contribution in [3.63, 3.8) is 0 Å². The molecule has 0 bridgehead atoms. The molecule has 2 aromatic rings. The molecule has 82 valence electrons. The highest BCUT2D eigenvalue weighted by Gasteiger charge is 2.15. The second kappa shape index (κ2) is 3.53. The van der Waals surface area contributed by atoms with Crippen molar-refractivity contribution in [1.29, 1.82) is 0 Å². The second-order valence-corrected chi connectivity index (χ2v) is 3.60. The number of hydrogen-bond donors (Lipinski definition) is 2. The van der Waals surface area contributed by atoms with Crippen LogP contribution in [0.5, 0.6) is 0 Å². The maximum Gasteiger partial charge on any atom is 0.416 e. The lowest BCUT2D eigenvalue weighted by Crippen LogP contribution is -2.06. The number of hydrogen-bond acceptors (Lipinski definition) is 2. The summed E-state index contributed by atoms with van der Waals surface area (Å²) in [5.41, 5.74) is 0.250. The van der Waals surface area contributed by atoms with Gasteiger partial charge < -0.3 is 10.2 Å². The quantitative estimate of drug-likeness (QED) is 0.801. The fraction of sp³-hybridized carbons (Fsp3) is 0. The Labute approximate surface area is 94.5 Å². The summed E-state index contributed by atoms with van der Waals surface area (Å²) in [4.78, 5) is 21.8. The van der Waals surface area contributed by atoms with Gasteiger partial charge in [0.1, 0.15) is 0 Å². The summed E-state index contributed by atoms with van der Waals surface area (Å²) in [6, 6.07) is 4.14. The number of benzene rings is 1. The Morgan fingerprint density at radius 2 is 1.94 bits per heavy atom. The molecule has 0 amide bonds.